The van der Waals surface area contributed by atoms with E-state index in [-0.39, 0.29) is 0 Å². The highest BCUT2D eigenvalue weighted by Crippen LogP contribution is 2.33. The second-order valence-corrected chi connectivity index (χ2v) is 5.70. The molecule has 4 rings (SSSR count). The van der Waals surface area contributed by atoms with Crippen molar-refractivity contribution in [2.75, 3.05) is 5.32 Å². The van der Waals surface area contributed by atoms with E-state index in [0.29, 0.717) is 6.04 Å². The predicted octanol–water partition coefficient (Wildman–Crippen LogP) is 3.79. The molecule has 4 heteroatoms. The van der Waals surface area contributed by atoms with Crippen molar-refractivity contribution < 1.29 is 0 Å². The Bertz CT molecular complexity index is 735. The van der Waals surface area contributed by atoms with Gasteiger partial charge in [0.05, 0.1) is 27.5 Å². The number of thiazole rings is 1. The molecule has 0 saturated carbocycles. The molecule has 3 nitrogen and oxygen atoms in total. The van der Waals surface area contributed by atoms with Crippen molar-refractivity contribution in [2.24, 2.45) is 0 Å². The molecule has 1 aliphatic rings. The van der Waals surface area contributed by atoms with E-state index in [1.807, 2.05) is 17.8 Å². The van der Waals surface area contributed by atoms with Crippen molar-refractivity contribution in [1.82, 2.24) is 9.97 Å². The molecule has 2 aromatic heterocycles. The number of hydrogen-bond donors (Lipinski definition) is 1. The van der Waals surface area contributed by atoms with E-state index in [1.165, 1.54) is 16.0 Å². The number of pyridine rings is 1. The van der Waals surface area contributed by atoms with Crippen LogP contribution in [-0.4, -0.2) is 9.97 Å². The highest BCUT2D eigenvalue weighted by molar-refractivity contribution is 7.16. The van der Waals surface area contributed by atoms with Gasteiger partial charge in [0.15, 0.2) is 0 Å². The van der Waals surface area contributed by atoms with Crippen LogP contribution in [0, 0.1) is 0 Å². The first-order chi connectivity index (χ1) is 9.40. The minimum absolute atomic E-state index is 0.335. The quantitative estimate of drug-likeness (QED) is 0.767. The molecule has 0 bridgehead atoms. The highest BCUT2D eigenvalue weighted by atomic mass is 32.1. The van der Waals surface area contributed by atoms with E-state index in [1.54, 1.807) is 11.3 Å². The first kappa shape index (κ1) is 10.9. The molecule has 1 unspecified atom stereocenters. The molecular formula is C15H13N3S. The fraction of sp³-hybridized carbons (Fsp3) is 0.200. The maximum Gasteiger partial charge on any atom is 0.0813 e. The van der Waals surface area contributed by atoms with Gasteiger partial charge in [0.1, 0.15) is 0 Å². The van der Waals surface area contributed by atoms with Crippen LogP contribution in [0.2, 0.25) is 0 Å². The van der Waals surface area contributed by atoms with E-state index in [2.05, 4.69) is 39.6 Å². The number of benzene rings is 1. The normalized spacial score (nSPS) is 17.6. The summed E-state index contributed by atoms with van der Waals surface area (Å²) in [5, 5.41) is 3.60. The zero-order valence-electron chi connectivity index (χ0n) is 10.3. The number of aromatic nitrogens is 2. The molecule has 2 heterocycles. The smallest absolute Gasteiger partial charge is 0.0813 e. The molecule has 1 aromatic carbocycles. The number of nitrogens with zero attached hydrogens (tertiary/aromatic N) is 2. The van der Waals surface area contributed by atoms with Gasteiger partial charge >= 0.3 is 0 Å². The van der Waals surface area contributed by atoms with E-state index in [4.69, 9.17) is 0 Å². The molecular weight excluding hydrogens is 254 g/mol. The largest absolute Gasteiger partial charge is 0.377 e. The van der Waals surface area contributed by atoms with Crippen LogP contribution in [0.1, 0.15) is 23.7 Å². The van der Waals surface area contributed by atoms with Crippen molar-refractivity contribution >= 4 is 27.2 Å². The molecule has 0 saturated heterocycles. The Labute approximate surface area is 115 Å². The number of fused-ring (bicyclic) bond motifs is 2. The first-order valence-electron chi connectivity index (χ1n) is 6.44. The van der Waals surface area contributed by atoms with Crippen molar-refractivity contribution in [3.05, 3.63) is 53.3 Å². The molecule has 0 fully saturated rings. The highest BCUT2D eigenvalue weighted by Gasteiger charge is 2.23. The van der Waals surface area contributed by atoms with Crippen LogP contribution in [0.25, 0.3) is 10.2 Å². The van der Waals surface area contributed by atoms with Crippen molar-refractivity contribution in [3.8, 4) is 0 Å². The Kier molecular flexibility index (Phi) is 2.48. The summed E-state index contributed by atoms with van der Waals surface area (Å²) in [5.74, 6) is 0. The van der Waals surface area contributed by atoms with E-state index in [0.717, 1.165) is 24.0 Å². The van der Waals surface area contributed by atoms with Crippen LogP contribution < -0.4 is 5.32 Å². The topological polar surface area (TPSA) is 37.8 Å². The molecule has 19 heavy (non-hydrogen) atoms. The third kappa shape index (κ3) is 1.88. The minimum atomic E-state index is 0.335. The van der Waals surface area contributed by atoms with Gasteiger partial charge in [-0.1, -0.05) is 6.07 Å². The lowest BCUT2D eigenvalue weighted by molar-refractivity contribution is 0.746. The summed E-state index contributed by atoms with van der Waals surface area (Å²) < 4.78 is 1.23. The predicted molar refractivity (Wildman–Crippen MR) is 78.5 cm³/mol. The van der Waals surface area contributed by atoms with Gasteiger partial charge in [0, 0.05) is 11.9 Å². The third-order valence-corrected chi connectivity index (χ3v) is 4.42. The van der Waals surface area contributed by atoms with Crippen molar-refractivity contribution in [1.29, 1.82) is 0 Å². The zero-order valence-corrected chi connectivity index (χ0v) is 11.2. The van der Waals surface area contributed by atoms with Gasteiger partial charge < -0.3 is 5.32 Å². The summed E-state index contributed by atoms with van der Waals surface area (Å²) in [6.45, 7) is 0. The lowest BCUT2D eigenvalue weighted by Gasteiger charge is -2.14. The fourth-order valence-electron chi connectivity index (χ4n) is 2.70. The number of hydrogen-bond acceptors (Lipinski definition) is 4. The van der Waals surface area contributed by atoms with Gasteiger partial charge in [-0.2, -0.15) is 0 Å². The molecule has 0 aliphatic heterocycles. The van der Waals surface area contributed by atoms with E-state index in [9.17, 15) is 0 Å². The second kappa shape index (κ2) is 4.31. The van der Waals surface area contributed by atoms with Gasteiger partial charge in [-0.3, -0.25) is 4.98 Å². The molecule has 94 valence electrons. The molecule has 0 amide bonds. The second-order valence-electron chi connectivity index (χ2n) is 4.82. The number of anilines is 1. The Hall–Kier alpha value is -1.94. The summed E-state index contributed by atoms with van der Waals surface area (Å²) in [6, 6.07) is 10.9. The molecule has 3 aromatic rings. The molecule has 1 aliphatic carbocycles. The van der Waals surface area contributed by atoms with Crippen LogP contribution in [0.4, 0.5) is 5.69 Å². The number of aryl methyl sites for hydroxylation is 1. The standard InChI is InChI=1S/C15H13N3S/c1-2-10-3-5-13(15(10)16-7-1)18-11-4-6-12-14(8-11)19-9-17-12/h1-2,4,6-9,13,18H,3,5H2. The van der Waals surface area contributed by atoms with Gasteiger partial charge in [0.25, 0.3) is 0 Å². The van der Waals surface area contributed by atoms with Crippen molar-refractivity contribution in [3.63, 3.8) is 0 Å². The Balaban J connectivity index is 1.65. The van der Waals surface area contributed by atoms with Gasteiger partial charge in [-0.05, 0) is 42.7 Å². The lowest BCUT2D eigenvalue weighted by atomic mass is 10.2. The van der Waals surface area contributed by atoms with Crippen molar-refractivity contribution in [2.45, 2.75) is 18.9 Å². The number of rotatable bonds is 2. The minimum Gasteiger partial charge on any atom is -0.377 e. The monoisotopic (exact) mass is 267 g/mol. The summed E-state index contributed by atoms with van der Waals surface area (Å²) in [4.78, 5) is 8.82. The van der Waals surface area contributed by atoms with Crippen LogP contribution in [-0.2, 0) is 6.42 Å². The maximum atomic E-state index is 4.52. The lowest BCUT2D eigenvalue weighted by Crippen LogP contribution is -2.08. The van der Waals surface area contributed by atoms with E-state index >= 15 is 0 Å². The zero-order chi connectivity index (χ0) is 12.7. The average Bonchev–Trinajstić information content (AvgIpc) is 3.06. The van der Waals surface area contributed by atoms with Crippen LogP contribution in [0.3, 0.4) is 0 Å². The Morgan fingerprint density at radius 1 is 1.21 bits per heavy atom. The Morgan fingerprint density at radius 2 is 2.21 bits per heavy atom. The summed E-state index contributed by atoms with van der Waals surface area (Å²) in [6.07, 6.45) is 4.11. The summed E-state index contributed by atoms with van der Waals surface area (Å²) in [7, 11) is 0. The summed E-state index contributed by atoms with van der Waals surface area (Å²) >= 11 is 1.68. The van der Waals surface area contributed by atoms with Crippen LogP contribution in [0.15, 0.2) is 42.0 Å². The van der Waals surface area contributed by atoms with Gasteiger partial charge in [-0.15, -0.1) is 11.3 Å². The molecule has 1 atom stereocenters. The summed E-state index contributed by atoms with van der Waals surface area (Å²) in [5.41, 5.74) is 6.69. The van der Waals surface area contributed by atoms with E-state index < -0.39 is 0 Å². The molecule has 0 radical (unpaired) electrons. The SMILES string of the molecule is c1cnc2c(c1)CCC2Nc1ccc2ncsc2c1. The average molecular weight is 267 g/mol. The number of nitrogens with one attached hydrogen (secondary N) is 1. The maximum absolute atomic E-state index is 4.52. The van der Waals surface area contributed by atoms with Gasteiger partial charge in [0.2, 0.25) is 0 Å². The first-order valence-corrected chi connectivity index (χ1v) is 7.32. The molecule has 0 spiro atoms. The van der Waals surface area contributed by atoms with Crippen LogP contribution in [0.5, 0.6) is 0 Å². The third-order valence-electron chi connectivity index (χ3n) is 3.63. The van der Waals surface area contributed by atoms with Gasteiger partial charge in [-0.25, -0.2) is 4.98 Å². The molecule has 1 N–H and O–H groups in total. The fourth-order valence-corrected chi connectivity index (χ4v) is 3.42. The van der Waals surface area contributed by atoms with Crippen LogP contribution >= 0.6 is 11.3 Å². The Morgan fingerprint density at radius 3 is 3.21 bits per heavy atom.